The molecule has 1 saturated heterocycles. The van der Waals surface area contributed by atoms with Crippen LogP contribution in [0.3, 0.4) is 0 Å². The van der Waals surface area contributed by atoms with Crippen molar-refractivity contribution in [2.45, 2.75) is 57.0 Å². The number of hydrogen-bond donors (Lipinski definition) is 1. The Bertz CT molecular complexity index is 593. The number of anilines is 1. The van der Waals surface area contributed by atoms with E-state index in [4.69, 9.17) is 17.3 Å². The van der Waals surface area contributed by atoms with Crippen molar-refractivity contribution in [2.24, 2.45) is 0 Å². The lowest BCUT2D eigenvalue weighted by Crippen LogP contribution is -2.39. The Morgan fingerprint density at radius 2 is 2.05 bits per heavy atom. The number of sulfonamides is 1. The molecule has 4 nitrogen and oxygen atoms in total. The van der Waals surface area contributed by atoms with Crippen LogP contribution in [0.5, 0.6) is 0 Å². The summed E-state index contributed by atoms with van der Waals surface area (Å²) < 4.78 is 27.3. The van der Waals surface area contributed by atoms with Crippen molar-refractivity contribution in [2.75, 3.05) is 5.73 Å². The monoisotopic (exact) mass is 316 g/mol. The zero-order valence-corrected chi connectivity index (χ0v) is 13.6. The maximum absolute atomic E-state index is 12.9. The van der Waals surface area contributed by atoms with Gasteiger partial charge < -0.3 is 5.73 Å². The second-order valence-corrected chi connectivity index (χ2v) is 7.69. The van der Waals surface area contributed by atoms with Crippen molar-refractivity contribution in [3.8, 4) is 0 Å². The maximum atomic E-state index is 12.9. The van der Waals surface area contributed by atoms with Crippen LogP contribution < -0.4 is 5.73 Å². The first-order valence-corrected chi connectivity index (χ1v) is 8.70. The molecule has 6 heteroatoms. The van der Waals surface area contributed by atoms with Crippen LogP contribution in [0, 0.1) is 6.92 Å². The van der Waals surface area contributed by atoms with Crippen LogP contribution in [-0.4, -0.2) is 24.8 Å². The highest BCUT2D eigenvalue weighted by Crippen LogP contribution is 2.34. The summed E-state index contributed by atoms with van der Waals surface area (Å²) >= 11 is 6.01. The summed E-state index contributed by atoms with van der Waals surface area (Å²) in [5, 5.41) is 0.422. The van der Waals surface area contributed by atoms with Gasteiger partial charge in [-0.05, 0) is 50.8 Å². The Morgan fingerprint density at radius 1 is 1.40 bits per heavy atom. The largest absolute Gasteiger partial charge is 0.397 e. The molecule has 1 aromatic rings. The molecule has 0 radical (unpaired) electrons. The Balaban J connectivity index is 2.50. The zero-order valence-electron chi connectivity index (χ0n) is 12.1. The highest BCUT2D eigenvalue weighted by atomic mass is 35.5. The molecule has 0 spiro atoms. The van der Waals surface area contributed by atoms with Crippen LogP contribution in [0.15, 0.2) is 17.0 Å². The summed E-state index contributed by atoms with van der Waals surface area (Å²) in [4.78, 5) is 0.240. The van der Waals surface area contributed by atoms with Gasteiger partial charge in [-0.15, -0.1) is 0 Å². The van der Waals surface area contributed by atoms with Crippen molar-refractivity contribution in [3.05, 3.63) is 22.7 Å². The molecule has 1 aliphatic heterocycles. The molecular weight excluding hydrogens is 296 g/mol. The van der Waals surface area contributed by atoms with Gasteiger partial charge in [-0.25, -0.2) is 8.42 Å². The third-order valence-corrected chi connectivity index (χ3v) is 6.58. The second kappa shape index (κ2) is 5.54. The van der Waals surface area contributed by atoms with E-state index >= 15 is 0 Å². The van der Waals surface area contributed by atoms with Crippen LogP contribution in [0.2, 0.25) is 5.02 Å². The molecule has 1 aromatic carbocycles. The first kappa shape index (κ1) is 15.6. The van der Waals surface area contributed by atoms with Crippen LogP contribution in [0.4, 0.5) is 5.69 Å². The minimum absolute atomic E-state index is 0.0298. The van der Waals surface area contributed by atoms with E-state index in [1.807, 2.05) is 13.8 Å². The summed E-state index contributed by atoms with van der Waals surface area (Å²) in [6.45, 7) is 5.74. The predicted molar refractivity (Wildman–Crippen MR) is 82.4 cm³/mol. The van der Waals surface area contributed by atoms with Crippen LogP contribution >= 0.6 is 11.6 Å². The molecular formula is C14H21ClN2O2S. The van der Waals surface area contributed by atoms with E-state index in [9.17, 15) is 8.42 Å². The minimum Gasteiger partial charge on any atom is -0.397 e. The van der Waals surface area contributed by atoms with E-state index in [0.717, 1.165) is 19.3 Å². The van der Waals surface area contributed by atoms with Crippen molar-refractivity contribution in [3.63, 3.8) is 0 Å². The topological polar surface area (TPSA) is 63.4 Å². The summed E-state index contributed by atoms with van der Waals surface area (Å²) in [5.41, 5.74) is 6.80. The van der Waals surface area contributed by atoms with E-state index in [-0.39, 0.29) is 17.0 Å². The Labute approximate surface area is 126 Å². The fourth-order valence-corrected chi connectivity index (χ4v) is 5.08. The molecule has 0 aromatic heterocycles. The van der Waals surface area contributed by atoms with Gasteiger partial charge in [0.05, 0.1) is 15.6 Å². The molecule has 1 fully saturated rings. The normalized spacial score (nSPS) is 24.2. The van der Waals surface area contributed by atoms with E-state index < -0.39 is 10.0 Å². The van der Waals surface area contributed by atoms with Crippen molar-refractivity contribution < 1.29 is 8.42 Å². The van der Waals surface area contributed by atoms with Gasteiger partial charge in [-0.3, -0.25) is 0 Å². The quantitative estimate of drug-likeness (QED) is 0.871. The molecule has 0 bridgehead atoms. The van der Waals surface area contributed by atoms with Gasteiger partial charge in [0.15, 0.2) is 0 Å². The number of benzene rings is 1. The number of aryl methyl sites for hydroxylation is 1. The van der Waals surface area contributed by atoms with Gasteiger partial charge in [0.2, 0.25) is 10.0 Å². The minimum atomic E-state index is -3.52. The molecule has 0 aliphatic carbocycles. The molecule has 1 heterocycles. The zero-order chi connectivity index (χ0) is 15.1. The van der Waals surface area contributed by atoms with Crippen LogP contribution in [-0.2, 0) is 10.0 Å². The standard InChI is InChI=1S/C14H21ClN2O2S/c1-4-11-6-5-10(3)17(11)20(18,19)12-7-9(2)14(15)13(16)8-12/h7-8,10-11H,4-6,16H2,1-3H3. The number of nitrogen functional groups attached to an aromatic ring is 1. The van der Waals surface area contributed by atoms with E-state index in [1.165, 1.54) is 6.07 Å². The van der Waals surface area contributed by atoms with E-state index in [1.54, 1.807) is 17.3 Å². The van der Waals surface area contributed by atoms with Gasteiger partial charge in [0, 0.05) is 12.1 Å². The summed E-state index contributed by atoms with van der Waals surface area (Å²) in [5.74, 6) is 0. The summed E-state index contributed by atoms with van der Waals surface area (Å²) in [6, 6.07) is 3.17. The smallest absolute Gasteiger partial charge is 0.243 e. The second-order valence-electron chi connectivity index (χ2n) is 5.47. The summed E-state index contributed by atoms with van der Waals surface area (Å²) in [7, 11) is -3.52. The van der Waals surface area contributed by atoms with Gasteiger partial charge in [-0.1, -0.05) is 18.5 Å². The van der Waals surface area contributed by atoms with Gasteiger partial charge >= 0.3 is 0 Å². The molecule has 2 N–H and O–H groups in total. The van der Waals surface area contributed by atoms with E-state index in [0.29, 0.717) is 16.3 Å². The molecule has 20 heavy (non-hydrogen) atoms. The summed E-state index contributed by atoms with van der Waals surface area (Å²) in [6.07, 6.45) is 2.64. The third kappa shape index (κ3) is 2.54. The molecule has 1 aliphatic rings. The average Bonchev–Trinajstić information content (AvgIpc) is 2.77. The SMILES string of the molecule is CCC1CCC(C)N1S(=O)(=O)c1cc(C)c(Cl)c(N)c1. The lowest BCUT2D eigenvalue weighted by molar-refractivity contribution is 0.328. The number of rotatable bonds is 3. The molecule has 0 amide bonds. The number of nitrogens with zero attached hydrogens (tertiary/aromatic N) is 1. The van der Waals surface area contributed by atoms with E-state index in [2.05, 4.69) is 0 Å². The molecule has 2 rings (SSSR count). The number of hydrogen-bond acceptors (Lipinski definition) is 3. The molecule has 2 atom stereocenters. The Kier molecular flexibility index (Phi) is 4.33. The van der Waals surface area contributed by atoms with Crippen LogP contribution in [0.25, 0.3) is 0 Å². The van der Waals surface area contributed by atoms with Crippen LogP contribution in [0.1, 0.15) is 38.7 Å². The van der Waals surface area contributed by atoms with Crippen molar-refractivity contribution >= 4 is 27.3 Å². The van der Waals surface area contributed by atoms with Crippen molar-refractivity contribution in [1.82, 2.24) is 4.31 Å². The van der Waals surface area contributed by atoms with Gasteiger partial charge in [-0.2, -0.15) is 4.31 Å². The molecule has 112 valence electrons. The highest BCUT2D eigenvalue weighted by Gasteiger charge is 2.39. The fourth-order valence-electron chi connectivity index (χ4n) is 2.90. The lowest BCUT2D eigenvalue weighted by atomic mass is 10.2. The molecule has 2 unspecified atom stereocenters. The fraction of sp³-hybridized carbons (Fsp3) is 0.571. The average molecular weight is 317 g/mol. The first-order chi connectivity index (χ1) is 9.28. The lowest BCUT2D eigenvalue weighted by Gasteiger charge is -2.27. The Morgan fingerprint density at radius 3 is 2.60 bits per heavy atom. The number of halogens is 1. The van der Waals surface area contributed by atoms with Gasteiger partial charge in [0.25, 0.3) is 0 Å². The third-order valence-electron chi connectivity index (χ3n) is 4.01. The number of nitrogens with two attached hydrogens (primary N) is 1. The highest BCUT2D eigenvalue weighted by molar-refractivity contribution is 7.89. The first-order valence-electron chi connectivity index (χ1n) is 6.88. The molecule has 0 saturated carbocycles. The predicted octanol–water partition coefficient (Wildman–Crippen LogP) is 3.18. The Hall–Kier alpha value is -0.780. The maximum Gasteiger partial charge on any atom is 0.243 e. The van der Waals surface area contributed by atoms with Crippen molar-refractivity contribution in [1.29, 1.82) is 0 Å². The van der Waals surface area contributed by atoms with Gasteiger partial charge in [0.1, 0.15) is 0 Å².